The van der Waals surface area contributed by atoms with E-state index in [1.807, 2.05) is 0 Å². The summed E-state index contributed by atoms with van der Waals surface area (Å²) in [6.07, 6.45) is -2.62. The SMILES string of the molecule is O=C(O)c1cc2ccccc2c(N(CCO)CC(F)F)n1. The largest absolute Gasteiger partial charge is 0.477 e. The molecule has 0 atom stereocenters. The summed E-state index contributed by atoms with van der Waals surface area (Å²) in [5, 5.41) is 19.3. The molecule has 1 heterocycles. The lowest BCUT2D eigenvalue weighted by atomic mass is 10.1. The highest BCUT2D eigenvalue weighted by atomic mass is 19.3. The molecule has 21 heavy (non-hydrogen) atoms. The number of aromatic carboxylic acids is 1. The number of anilines is 1. The topological polar surface area (TPSA) is 73.7 Å². The van der Waals surface area contributed by atoms with E-state index in [1.54, 1.807) is 24.3 Å². The molecular formula is C14H14F2N2O3. The summed E-state index contributed by atoms with van der Waals surface area (Å²) >= 11 is 0. The number of hydrogen-bond acceptors (Lipinski definition) is 4. The Morgan fingerprint density at radius 1 is 1.33 bits per heavy atom. The molecule has 2 N–H and O–H groups in total. The number of benzene rings is 1. The van der Waals surface area contributed by atoms with Crippen LogP contribution in [-0.4, -0.2) is 47.3 Å². The lowest BCUT2D eigenvalue weighted by Gasteiger charge is -2.24. The van der Waals surface area contributed by atoms with E-state index in [1.165, 1.54) is 11.0 Å². The molecule has 0 saturated heterocycles. The fourth-order valence-corrected chi connectivity index (χ4v) is 2.10. The van der Waals surface area contributed by atoms with Crippen LogP contribution in [0.1, 0.15) is 10.5 Å². The Morgan fingerprint density at radius 3 is 2.67 bits per heavy atom. The first-order valence-corrected chi connectivity index (χ1v) is 6.30. The minimum absolute atomic E-state index is 0.0512. The second-order valence-electron chi connectivity index (χ2n) is 4.42. The predicted molar refractivity (Wildman–Crippen MR) is 74.0 cm³/mol. The third kappa shape index (κ3) is 3.43. The Morgan fingerprint density at radius 2 is 2.05 bits per heavy atom. The van der Waals surface area contributed by atoms with Crippen LogP contribution < -0.4 is 4.90 Å². The zero-order valence-electron chi connectivity index (χ0n) is 11.0. The highest BCUT2D eigenvalue weighted by Crippen LogP contribution is 2.26. The van der Waals surface area contributed by atoms with Crippen LogP contribution in [0.4, 0.5) is 14.6 Å². The molecule has 112 valence electrons. The third-order valence-electron chi connectivity index (χ3n) is 2.97. The summed E-state index contributed by atoms with van der Waals surface area (Å²) in [5.74, 6) is -1.09. The zero-order valence-corrected chi connectivity index (χ0v) is 11.0. The van der Waals surface area contributed by atoms with Crippen LogP contribution in [0.3, 0.4) is 0 Å². The average Bonchev–Trinajstić information content (AvgIpc) is 2.45. The van der Waals surface area contributed by atoms with Gasteiger partial charge in [-0.15, -0.1) is 0 Å². The molecule has 5 nitrogen and oxygen atoms in total. The summed E-state index contributed by atoms with van der Waals surface area (Å²) in [6.45, 7) is -1.01. The van der Waals surface area contributed by atoms with E-state index < -0.39 is 18.9 Å². The van der Waals surface area contributed by atoms with E-state index in [-0.39, 0.29) is 24.7 Å². The quantitative estimate of drug-likeness (QED) is 0.853. The molecule has 0 aliphatic heterocycles. The molecule has 7 heteroatoms. The van der Waals surface area contributed by atoms with Gasteiger partial charge in [0.2, 0.25) is 0 Å². The normalized spacial score (nSPS) is 11.0. The van der Waals surface area contributed by atoms with Gasteiger partial charge in [0.25, 0.3) is 6.43 Å². The minimum atomic E-state index is -2.62. The van der Waals surface area contributed by atoms with E-state index in [0.29, 0.717) is 10.8 Å². The van der Waals surface area contributed by atoms with Gasteiger partial charge in [-0.1, -0.05) is 24.3 Å². The van der Waals surface area contributed by atoms with Crippen LogP contribution in [0.5, 0.6) is 0 Å². The monoisotopic (exact) mass is 296 g/mol. The van der Waals surface area contributed by atoms with Crippen molar-refractivity contribution < 1.29 is 23.8 Å². The zero-order chi connectivity index (χ0) is 15.4. The number of halogens is 2. The molecule has 0 unspecified atom stereocenters. The van der Waals surface area contributed by atoms with Crippen LogP contribution in [0.2, 0.25) is 0 Å². The Bertz CT molecular complexity index is 649. The van der Waals surface area contributed by atoms with Gasteiger partial charge in [0.05, 0.1) is 13.2 Å². The second-order valence-corrected chi connectivity index (χ2v) is 4.42. The van der Waals surface area contributed by atoms with Crippen LogP contribution in [0.15, 0.2) is 30.3 Å². The lowest BCUT2D eigenvalue weighted by Crippen LogP contribution is -2.32. The molecule has 1 aromatic heterocycles. The van der Waals surface area contributed by atoms with Crippen LogP contribution in [0.25, 0.3) is 10.8 Å². The maximum atomic E-state index is 12.7. The van der Waals surface area contributed by atoms with Gasteiger partial charge in [-0.3, -0.25) is 0 Å². The molecule has 0 fully saturated rings. The van der Waals surface area contributed by atoms with Crippen molar-refractivity contribution in [2.45, 2.75) is 6.43 Å². The van der Waals surface area contributed by atoms with Crippen molar-refractivity contribution in [1.29, 1.82) is 0 Å². The molecule has 2 aromatic rings. The number of nitrogens with zero attached hydrogens (tertiary/aromatic N) is 2. The van der Waals surface area contributed by atoms with Gasteiger partial charge in [0.15, 0.2) is 5.69 Å². The Labute approximate surface area is 119 Å². The van der Waals surface area contributed by atoms with E-state index in [9.17, 15) is 13.6 Å². The van der Waals surface area contributed by atoms with Crippen molar-refractivity contribution in [2.75, 3.05) is 24.6 Å². The van der Waals surface area contributed by atoms with Gasteiger partial charge in [0, 0.05) is 11.9 Å². The first-order valence-electron chi connectivity index (χ1n) is 6.30. The fourth-order valence-electron chi connectivity index (χ4n) is 2.10. The van der Waals surface area contributed by atoms with Gasteiger partial charge in [0.1, 0.15) is 5.82 Å². The lowest BCUT2D eigenvalue weighted by molar-refractivity contribution is 0.0691. The molecule has 0 bridgehead atoms. The summed E-state index contributed by atoms with van der Waals surface area (Å²) < 4.78 is 25.4. The van der Waals surface area contributed by atoms with Gasteiger partial charge >= 0.3 is 5.97 Å². The molecular weight excluding hydrogens is 282 g/mol. The predicted octanol–water partition coefficient (Wildman–Crippen LogP) is 2.00. The average molecular weight is 296 g/mol. The number of pyridine rings is 1. The van der Waals surface area contributed by atoms with Crippen LogP contribution >= 0.6 is 0 Å². The number of carboxylic acid groups (broad SMARTS) is 1. The summed E-state index contributed by atoms with van der Waals surface area (Å²) in [7, 11) is 0. The number of fused-ring (bicyclic) bond motifs is 1. The van der Waals surface area contributed by atoms with E-state index in [0.717, 1.165) is 0 Å². The molecule has 0 amide bonds. The van der Waals surface area contributed by atoms with Crippen molar-refractivity contribution in [3.05, 3.63) is 36.0 Å². The molecule has 0 saturated carbocycles. The molecule has 1 aromatic carbocycles. The molecule has 2 rings (SSSR count). The van der Waals surface area contributed by atoms with Crippen LogP contribution in [-0.2, 0) is 0 Å². The highest BCUT2D eigenvalue weighted by molar-refractivity contribution is 5.98. The highest BCUT2D eigenvalue weighted by Gasteiger charge is 2.18. The number of aliphatic hydroxyl groups is 1. The summed E-state index contributed by atoms with van der Waals surface area (Å²) in [6, 6.07) is 8.20. The number of aliphatic hydroxyl groups excluding tert-OH is 1. The molecule has 0 spiro atoms. The van der Waals surface area contributed by atoms with E-state index >= 15 is 0 Å². The Hall–Kier alpha value is -2.28. The van der Waals surface area contributed by atoms with Crippen LogP contribution in [0, 0.1) is 0 Å². The van der Waals surface area contributed by atoms with Crippen molar-refractivity contribution >= 4 is 22.6 Å². The number of aromatic nitrogens is 1. The summed E-state index contributed by atoms with van der Waals surface area (Å²) in [4.78, 5) is 16.3. The first kappa shape index (κ1) is 15.1. The standard InChI is InChI=1S/C14H14F2N2O3/c15-12(16)8-18(5-6-19)13-10-4-2-1-3-9(10)7-11(17-13)14(20)21/h1-4,7,12,19H,5-6,8H2,(H,20,21). The number of rotatable bonds is 6. The fraction of sp³-hybridized carbons (Fsp3) is 0.286. The van der Waals surface area contributed by atoms with Crippen molar-refractivity contribution in [3.8, 4) is 0 Å². The summed E-state index contributed by atoms with van der Waals surface area (Å²) in [5.41, 5.74) is -0.221. The molecule has 0 radical (unpaired) electrons. The first-order chi connectivity index (χ1) is 10.0. The third-order valence-corrected chi connectivity index (χ3v) is 2.97. The second kappa shape index (κ2) is 6.45. The van der Waals surface area contributed by atoms with Gasteiger partial charge in [-0.25, -0.2) is 18.6 Å². The van der Waals surface area contributed by atoms with E-state index in [4.69, 9.17) is 10.2 Å². The Balaban J connectivity index is 2.60. The smallest absolute Gasteiger partial charge is 0.354 e. The van der Waals surface area contributed by atoms with E-state index in [2.05, 4.69) is 4.98 Å². The molecule has 0 aliphatic rings. The number of carboxylic acids is 1. The van der Waals surface area contributed by atoms with Crippen molar-refractivity contribution in [3.63, 3.8) is 0 Å². The number of hydrogen-bond donors (Lipinski definition) is 2. The maximum Gasteiger partial charge on any atom is 0.354 e. The maximum absolute atomic E-state index is 12.7. The van der Waals surface area contributed by atoms with Gasteiger partial charge in [-0.2, -0.15) is 0 Å². The van der Waals surface area contributed by atoms with Gasteiger partial charge in [-0.05, 0) is 11.5 Å². The van der Waals surface area contributed by atoms with Crippen molar-refractivity contribution in [1.82, 2.24) is 4.98 Å². The minimum Gasteiger partial charge on any atom is -0.477 e. The Kier molecular flexibility index (Phi) is 4.64. The molecule has 0 aliphatic carbocycles. The van der Waals surface area contributed by atoms with Crippen molar-refractivity contribution in [2.24, 2.45) is 0 Å². The number of alkyl halides is 2. The number of carbonyl (C=O) groups is 1. The van der Waals surface area contributed by atoms with Gasteiger partial charge < -0.3 is 15.1 Å².